The number of hydrogen-bond acceptors (Lipinski definition) is 0. The molecule has 0 atom stereocenters. The van der Waals surface area contributed by atoms with Gasteiger partial charge in [-0.25, -0.2) is 0 Å². The first-order valence-electron chi connectivity index (χ1n) is 15.6. The second-order valence-corrected chi connectivity index (χ2v) is 12.4. The summed E-state index contributed by atoms with van der Waals surface area (Å²) >= 11 is 1.36. The summed E-state index contributed by atoms with van der Waals surface area (Å²) in [6.07, 6.45) is 0. The zero-order valence-corrected chi connectivity index (χ0v) is 32.7. The van der Waals surface area contributed by atoms with E-state index in [9.17, 15) is 0 Å². The van der Waals surface area contributed by atoms with Gasteiger partial charge in [0.2, 0.25) is 0 Å². The van der Waals surface area contributed by atoms with Crippen LogP contribution in [0.5, 0.6) is 0 Å². The van der Waals surface area contributed by atoms with Crippen molar-refractivity contribution in [3.63, 3.8) is 0 Å². The van der Waals surface area contributed by atoms with Crippen LogP contribution in [-0.4, -0.2) is 6.88 Å². The molecule has 47 heavy (non-hydrogen) atoms. The Hall–Kier alpha value is -3.58. The fourth-order valence-corrected chi connectivity index (χ4v) is 5.93. The molecule has 2 heteroatoms. The molecule has 0 aliphatic rings. The summed E-state index contributed by atoms with van der Waals surface area (Å²) in [5, 5.41) is 5.38. The molecule has 0 N–H and O–H groups in total. The molecule has 7 aromatic carbocycles. The summed E-state index contributed by atoms with van der Waals surface area (Å²) in [5.74, 6) is 0.582. The van der Waals surface area contributed by atoms with E-state index in [1.807, 2.05) is 0 Å². The molecule has 0 spiro atoms. The van der Waals surface area contributed by atoms with Crippen LogP contribution >= 0.6 is 0 Å². The molecule has 0 nitrogen and oxygen atoms in total. The van der Waals surface area contributed by atoms with Crippen LogP contribution in [0.1, 0.15) is 47.6 Å². The van der Waals surface area contributed by atoms with Gasteiger partial charge in [-0.15, -0.1) is 63.0 Å². The van der Waals surface area contributed by atoms with Crippen LogP contribution in [0.3, 0.4) is 0 Å². The molecule has 0 aromatic heterocycles. The van der Waals surface area contributed by atoms with Crippen molar-refractivity contribution in [2.75, 3.05) is 0 Å². The topological polar surface area (TPSA) is 0 Å². The summed E-state index contributed by atoms with van der Waals surface area (Å²) in [6, 6.07) is 46.9. The van der Waals surface area contributed by atoms with Gasteiger partial charge in [-0.1, -0.05) is 139 Å². The summed E-state index contributed by atoms with van der Waals surface area (Å²) in [5.41, 5.74) is 14.4. The fourth-order valence-electron chi connectivity index (χ4n) is 5.93. The van der Waals surface area contributed by atoms with Crippen molar-refractivity contribution in [3.8, 4) is 33.4 Å². The SMILES string of the molecule is Cc1ccc(-c2cc(-c3ccc(C)cc3)c3cc(C)[cH-]c3c2)cc1.Cc1ccc(-c2cccc3[cH-]c(C(C)C)cc23)cc1.[CH3-].[CH3-].[Si]=[Zr]. The van der Waals surface area contributed by atoms with E-state index in [2.05, 4.69) is 176 Å². The van der Waals surface area contributed by atoms with Gasteiger partial charge in [0.05, 0.1) is 0 Å². The van der Waals surface area contributed by atoms with Crippen molar-refractivity contribution in [2.24, 2.45) is 0 Å². The summed E-state index contributed by atoms with van der Waals surface area (Å²) in [7, 11) is 0. The van der Waals surface area contributed by atoms with E-state index in [0.717, 1.165) is 0 Å². The Labute approximate surface area is 300 Å². The Balaban J connectivity index is 0.000000238. The Morgan fingerprint density at radius 1 is 0.489 bits per heavy atom. The van der Waals surface area contributed by atoms with Crippen LogP contribution in [-0.2, 0) is 23.3 Å². The van der Waals surface area contributed by atoms with Crippen LogP contribution < -0.4 is 0 Å². The van der Waals surface area contributed by atoms with Crippen molar-refractivity contribution in [3.05, 3.63) is 170 Å². The van der Waals surface area contributed by atoms with Crippen molar-refractivity contribution in [1.82, 2.24) is 0 Å². The zero-order valence-electron chi connectivity index (χ0n) is 29.2. The monoisotopic (exact) mass is 704 g/mol. The van der Waals surface area contributed by atoms with Gasteiger partial charge in [0.15, 0.2) is 0 Å². The molecule has 0 bridgehead atoms. The van der Waals surface area contributed by atoms with Crippen LogP contribution in [0.15, 0.2) is 127 Å². The second kappa shape index (κ2) is 17.0. The van der Waals surface area contributed by atoms with Gasteiger partial charge in [0.25, 0.3) is 0 Å². The predicted octanol–water partition coefficient (Wildman–Crippen LogP) is 13.0. The zero-order chi connectivity index (χ0) is 32.1. The van der Waals surface area contributed by atoms with Crippen molar-refractivity contribution in [2.45, 2.75) is 47.5 Å². The van der Waals surface area contributed by atoms with Gasteiger partial charge in [-0.2, -0.15) is 12.1 Å². The molecule has 238 valence electrons. The Kier molecular flexibility index (Phi) is 13.7. The van der Waals surface area contributed by atoms with Gasteiger partial charge >= 0.3 is 30.2 Å². The van der Waals surface area contributed by atoms with Gasteiger partial charge in [0.1, 0.15) is 0 Å². The number of fused-ring (bicyclic) bond motifs is 2. The van der Waals surface area contributed by atoms with E-state index < -0.39 is 0 Å². The molecule has 7 aromatic rings. The predicted molar refractivity (Wildman–Crippen MR) is 207 cm³/mol. The summed E-state index contributed by atoms with van der Waals surface area (Å²) < 4.78 is 0. The Bertz CT molecular complexity index is 2020. The molecular formula is C45H46SiZr-4. The van der Waals surface area contributed by atoms with E-state index in [-0.39, 0.29) is 14.9 Å². The molecule has 7 rings (SSSR count). The molecular weight excluding hydrogens is 660 g/mol. The van der Waals surface area contributed by atoms with Gasteiger partial charge < -0.3 is 14.9 Å². The Morgan fingerprint density at radius 2 is 0.979 bits per heavy atom. The first-order chi connectivity index (χ1) is 21.7. The van der Waals surface area contributed by atoms with E-state index in [4.69, 9.17) is 0 Å². The summed E-state index contributed by atoms with van der Waals surface area (Å²) in [6.45, 7) is 16.1. The maximum absolute atomic E-state index is 3.06. The minimum absolute atomic E-state index is 0. The quantitative estimate of drug-likeness (QED) is 0.126. The number of benzene rings is 5. The van der Waals surface area contributed by atoms with Gasteiger partial charge in [-0.3, -0.25) is 0 Å². The summed E-state index contributed by atoms with van der Waals surface area (Å²) in [4.78, 5) is 0. The third kappa shape index (κ3) is 8.86. The van der Waals surface area contributed by atoms with E-state index in [0.29, 0.717) is 5.92 Å². The third-order valence-corrected chi connectivity index (χ3v) is 8.52. The molecule has 0 aliphatic heterocycles. The van der Waals surface area contributed by atoms with E-state index >= 15 is 0 Å². The van der Waals surface area contributed by atoms with E-state index in [1.54, 1.807) is 0 Å². The van der Waals surface area contributed by atoms with Crippen molar-refractivity contribution < 1.29 is 23.3 Å². The molecule has 2 radical (unpaired) electrons. The van der Waals surface area contributed by atoms with Crippen LogP contribution in [0.4, 0.5) is 0 Å². The standard InChI is InChI=1S/C24H21.C19H19.2CH3.Si.Zr/c1-16-4-8-19(9-5-16)21-14-22-12-18(3)13-23(22)24(15-21)20-10-6-17(2)7-11-20;1-13(2)17-11-16-5-4-6-18(19(16)12-17)15-9-7-14(3)8-10-15;;;;/h4-15H,1-3H3;4-13H,1-3H3;2*1H3;;/q4*-1;;. The third-order valence-electron chi connectivity index (χ3n) is 8.52. The Morgan fingerprint density at radius 3 is 1.51 bits per heavy atom. The first-order valence-corrected chi connectivity index (χ1v) is 19.8. The number of aryl methyl sites for hydroxylation is 4. The van der Waals surface area contributed by atoms with Crippen LogP contribution in [0.2, 0.25) is 0 Å². The second-order valence-electron chi connectivity index (χ2n) is 12.4. The molecule has 0 amide bonds. The molecule has 0 saturated heterocycles. The first kappa shape index (κ1) is 37.9. The molecule has 0 fully saturated rings. The molecule has 0 aliphatic carbocycles. The van der Waals surface area contributed by atoms with Crippen molar-refractivity contribution >= 4 is 28.4 Å². The number of rotatable bonds is 4. The van der Waals surface area contributed by atoms with Crippen LogP contribution in [0, 0.1) is 42.5 Å². The molecule has 0 unspecified atom stereocenters. The molecule has 0 heterocycles. The van der Waals surface area contributed by atoms with Gasteiger partial charge in [0, 0.05) is 0 Å². The fraction of sp³-hybridized carbons (Fsp3) is 0.156. The van der Waals surface area contributed by atoms with Crippen molar-refractivity contribution in [1.29, 1.82) is 0 Å². The van der Waals surface area contributed by atoms with Crippen LogP contribution in [0.25, 0.3) is 54.9 Å². The normalized spacial score (nSPS) is 10.3. The minimum atomic E-state index is 0. The van der Waals surface area contributed by atoms with E-state index in [1.165, 1.54) is 106 Å². The average Bonchev–Trinajstić information content (AvgIpc) is 3.66. The maximum atomic E-state index is 3.06. The molecule has 0 saturated carbocycles. The number of hydrogen-bond donors (Lipinski definition) is 0. The average molecular weight is 706 g/mol. The van der Waals surface area contributed by atoms with Gasteiger partial charge in [-0.05, 0) is 43.4 Å².